The molecule has 0 aromatic carbocycles. The van der Waals surface area contributed by atoms with Crippen LogP contribution in [0.1, 0.15) is 26.7 Å². The first-order valence-electron chi connectivity index (χ1n) is 4.74. The van der Waals surface area contributed by atoms with E-state index in [1.807, 2.05) is 19.9 Å². The van der Waals surface area contributed by atoms with Crippen LogP contribution in [0, 0.1) is 0 Å². The first-order chi connectivity index (χ1) is 6.60. The van der Waals surface area contributed by atoms with Crippen molar-refractivity contribution in [3.05, 3.63) is 48.6 Å². The van der Waals surface area contributed by atoms with E-state index >= 15 is 0 Å². The van der Waals surface area contributed by atoms with Crippen LogP contribution in [0.2, 0.25) is 0 Å². The molecule has 0 aliphatic rings. The second-order valence-corrected chi connectivity index (χ2v) is 3.25. The van der Waals surface area contributed by atoms with Gasteiger partial charge in [-0.15, -0.1) is 6.58 Å². The second kappa shape index (κ2) is 7.07. The molecule has 0 radical (unpaired) electrons. The van der Waals surface area contributed by atoms with E-state index in [1.54, 1.807) is 18.2 Å². The number of hydrogen-bond donors (Lipinski definition) is 0. The molecule has 0 saturated carbocycles. The third-order valence-corrected chi connectivity index (χ3v) is 1.83. The molecule has 0 fully saturated rings. The maximum Gasteiger partial charge on any atom is 0.156 e. The summed E-state index contributed by atoms with van der Waals surface area (Å²) in [6.07, 6.45) is 8.33. The van der Waals surface area contributed by atoms with Gasteiger partial charge in [0.25, 0.3) is 0 Å². The molecule has 0 aliphatic carbocycles. The summed E-state index contributed by atoms with van der Waals surface area (Å²) in [7, 11) is 0. The van der Waals surface area contributed by atoms with Crippen molar-refractivity contribution in [1.82, 2.24) is 0 Å². The molecule has 0 amide bonds. The van der Waals surface area contributed by atoms with Gasteiger partial charge in [0.2, 0.25) is 0 Å². The number of hydrogen-bond acceptors (Lipinski definition) is 1. The smallest absolute Gasteiger partial charge is 0.156 e. The molecule has 0 aromatic heterocycles. The largest absolute Gasteiger partial charge is 0.295 e. The zero-order valence-electron chi connectivity index (χ0n) is 9.05. The Morgan fingerprint density at radius 1 is 1.29 bits per heavy atom. The van der Waals surface area contributed by atoms with Crippen molar-refractivity contribution in [2.75, 3.05) is 0 Å². The van der Waals surface area contributed by atoms with Gasteiger partial charge in [0.1, 0.15) is 0 Å². The molecule has 0 aromatic rings. The Morgan fingerprint density at radius 2 is 1.93 bits per heavy atom. The van der Waals surface area contributed by atoms with Crippen molar-refractivity contribution in [1.29, 1.82) is 0 Å². The second-order valence-electron chi connectivity index (χ2n) is 3.25. The molecule has 0 rings (SSSR count). The van der Waals surface area contributed by atoms with E-state index in [-0.39, 0.29) is 5.78 Å². The maximum absolute atomic E-state index is 11.3. The Kier molecular flexibility index (Phi) is 6.38. The van der Waals surface area contributed by atoms with Crippen LogP contribution >= 0.6 is 0 Å². The molecule has 0 atom stereocenters. The lowest BCUT2D eigenvalue weighted by Crippen LogP contribution is -1.92. The standard InChI is InChI=1S/C13H18O/c1-5-12(6-2)8-10-13(14)9-7-11(3)4/h5-6,8,10H,1,3,7,9H2,2,4H3/b10-8+,12-6-. The van der Waals surface area contributed by atoms with Gasteiger partial charge in [0.05, 0.1) is 0 Å². The van der Waals surface area contributed by atoms with Crippen LogP contribution in [0.3, 0.4) is 0 Å². The fourth-order valence-corrected chi connectivity index (χ4v) is 0.891. The van der Waals surface area contributed by atoms with Gasteiger partial charge in [-0.2, -0.15) is 0 Å². The van der Waals surface area contributed by atoms with Crippen molar-refractivity contribution in [2.24, 2.45) is 0 Å². The van der Waals surface area contributed by atoms with Crippen molar-refractivity contribution in [3.63, 3.8) is 0 Å². The molecule has 0 N–H and O–H groups in total. The lowest BCUT2D eigenvalue weighted by atomic mass is 10.1. The summed E-state index contributed by atoms with van der Waals surface area (Å²) >= 11 is 0. The Morgan fingerprint density at radius 3 is 2.36 bits per heavy atom. The van der Waals surface area contributed by atoms with Crippen LogP contribution in [0.15, 0.2) is 48.6 Å². The number of allylic oxidation sites excluding steroid dienone is 6. The Balaban J connectivity index is 4.05. The van der Waals surface area contributed by atoms with Gasteiger partial charge in [0, 0.05) is 6.42 Å². The lowest BCUT2D eigenvalue weighted by molar-refractivity contribution is -0.114. The maximum atomic E-state index is 11.3. The number of ketones is 1. The lowest BCUT2D eigenvalue weighted by Gasteiger charge is -1.95. The van der Waals surface area contributed by atoms with Crippen molar-refractivity contribution in [2.45, 2.75) is 26.7 Å². The average Bonchev–Trinajstić information content (AvgIpc) is 2.16. The molecular formula is C13H18O. The predicted molar refractivity (Wildman–Crippen MR) is 62.1 cm³/mol. The molecule has 0 unspecified atom stereocenters. The predicted octanol–water partition coefficient (Wildman–Crippen LogP) is 3.60. The summed E-state index contributed by atoms with van der Waals surface area (Å²) in [5, 5.41) is 0. The van der Waals surface area contributed by atoms with Crippen LogP contribution in [0.5, 0.6) is 0 Å². The summed E-state index contributed by atoms with van der Waals surface area (Å²) in [5.41, 5.74) is 2.01. The van der Waals surface area contributed by atoms with E-state index in [9.17, 15) is 4.79 Å². The van der Waals surface area contributed by atoms with Gasteiger partial charge in [-0.05, 0) is 31.9 Å². The first kappa shape index (κ1) is 12.6. The van der Waals surface area contributed by atoms with Gasteiger partial charge in [0.15, 0.2) is 5.78 Å². The van der Waals surface area contributed by atoms with E-state index in [2.05, 4.69) is 13.2 Å². The molecule has 14 heavy (non-hydrogen) atoms. The van der Waals surface area contributed by atoms with E-state index in [0.29, 0.717) is 6.42 Å². The monoisotopic (exact) mass is 190 g/mol. The summed E-state index contributed by atoms with van der Waals surface area (Å²) in [6, 6.07) is 0. The summed E-state index contributed by atoms with van der Waals surface area (Å²) < 4.78 is 0. The Bertz CT molecular complexity index is 280. The molecule has 0 aliphatic heterocycles. The molecule has 0 saturated heterocycles. The topological polar surface area (TPSA) is 17.1 Å². The minimum atomic E-state index is 0.134. The summed E-state index contributed by atoms with van der Waals surface area (Å²) in [4.78, 5) is 11.3. The zero-order chi connectivity index (χ0) is 11.0. The molecular weight excluding hydrogens is 172 g/mol. The van der Waals surface area contributed by atoms with E-state index in [0.717, 1.165) is 17.6 Å². The summed E-state index contributed by atoms with van der Waals surface area (Å²) in [6.45, 7) is 11.2. The number of carbonyl (C=O) groups is 1. The molecule has 0 bridgehead atoms. The van der Waals surface area contributed by atoms with Gasteiger partial charge >= 0.3 is 0 Å². The highest BCUT2D eigenvalue weighted by Crippen LogP contribution is 2.03. The SMILES string of the molecule is C=CC(=C/C)/C=C/C(=O)CCC(=C)C. The molecule has 0 spiro atoms. The van der Waals surface area contributed by atoms with Gasteiger partial charge in [-0.1, -0.05) is 30.4 Å². The third-order valence-electron chi connectivity index (χ3n) is 1.83. The highest BCUT2D eigenvalue weighted by molar-refractivity contribution is 5.90. The van der Waals surface area contributed by atoms with Crippen LogP contribution in [0.25, 0.3) is 0 Å². The van der Waals surface area contributed by atoms with Crippen molar-refractivity contribution < 1.29 is 4.79 Å². The molecule has 0 heterocycles. The molecule has 1 heteroatoms. The van der Waals surface area contributed by atoms with Crippen LogP contribution in [0.4, 0.5) is 0 Å². The molecule has 1 nitrogen and oxygen atoms in total. The Labute approximate surface area is 86.5 Å². The minimum absolute atomic E-state index is 0.134. The fraction of sp³-hybridized carbons (Fsp3) is 0.308. The normalized spacial score (nSPS) is 11.7. The highest BCUT2D eigenvalue weighted by Gasteiger charge is 1.96. The Hall–Kier alpha value is -1.37. The van der Waals surface area contributed by atoms with Crippen molar-refractivity contribution in [3.8, 4) is 0 Å². The average molecular weight is 190 g/mol. The minimum Gasteiger partial charge on any atom is -0.295 e. The van der Waals surface area contributed by atoms with Crippen molar-refractivity contribution >= 4 is 5.78 Å². The molecule has 76 valence electrons. The van der Waals surface area contributed by atoms with E-state index < -0.39 is 0 Å². The highest BCUT2D eigenvalue weighted by atomic mass is 16.1. The summed E-state index contributed by atoms with van der Waals surface area (Å²) in [5.74, 6) is 0.134. The third kappa shape index (κ3) is 6.18. The first-order valence-corrected chi connectivity index (χ1v) is 4.74. The van der Waals surface area contributed by atoms with Crippen LogP contribution < -0.4 is 0 Å². The van der Waals surface area contributed by atoms with Gasteiger partial charge in [-0.3, -0.25) is 4.79 Å². The number of rotatable bonds is 6. The van der Waals surface area contributed by atoms with E-state index in [4.69, 9.17) is 0 Å². The van der Waals surface area contributed by atoms with Gasteiger partial charge < -0.3 is 0 Å². The van der Waals surface area contributed by atoms with Crippen LogP contribution in [-0.2, 0) is 4.79 Å². The van der Waals surface area contributed by atoms with Crippen LogP contribution in [-0.4, -0.2) is 5.78 Å². The van der Waals surface area contributed by atoms with E-state index in [1.165, 1.54) is 0 Å². The zero-order valence-corrected chi connectivity index (χ0v) is 9.05. The number of carbonyl (C=O) groups excluding carboxylic acids is 1. The van der Waals surface area contributed by atoms with Gasteiger partial charge in [-0.25, -0.2) is 0 Å². The quantitative estimate of drug-likeness (QED) is 0.355. The fourth-order valence-electron chi connectivity index (χ4n) is 0.891.